The number of H-pyrrole nitrogens is 1. The van der Waals surface area contributed by atoms with Crippen LogP contribution in [0.2, 0.25) is 0 Å². The third kappa shape index (κ3) is 3.66. The quantitative estimate of drug-likeness (QED) is 0.718. The normalized spacial score (nSPS) is 16.9. The van der Waals surface area contributed by atoms with Crippen molar-refractivity contribution < 1.29 is 13.9 Å². The molecule has 3 aromatic rings. The lowest BCUT2D eigenvalue weighted by Crippen LogP contribution is -2.42. The number of amides is 1. The molecule has 0 saturated carbocycles. The van der Waals surface area contributed by atoms with Crippen LogP contribution in [0.25, 0.3) is 10.9 Å². The minimum absolute atomic E-state index is 0.221. The lowest BCUT2D eigenvalue weighted by Gasteiger charge is -2.33. The Hall–Kier alpha value is -3.26. The van der Waals surface area contributed by atoms with Crippen molar-refractivity contribution in [2.45, 2.75) is 26.0 Å². The molecular weight excluding hydrogens is 389 g/mol. The van der Waals surface area contributed by atoms with Crippen LogP contribution < -0.4 is 11.2 Å². The first-order valence-electron chi connectivity index (χ1n) is 9.80. The zero-order valence-electron chi connectivity index (χ0n) is 16.7. The molecule has 30 heavy (non-hydrogen) atoms. The highest BCUT2D eigenvalue weighted by atomic mass is 19.1. The van der Waals surface area contributed by atoms with Crippen LogP contribution in [0.1, 0.15) is 41.9 Å². The zero-order chi connectivity index (χ0) is 21.4. The first-order chi connectivity index (χ1) is 14.3. The first-order valence-corrected chi connectivity index (χ1v) is 9.80. The van der Waals surface area contributed by atoms with E-state index in [1.165, 1.54) is 18.2 Å². The Balaban J connectivity index is 1.62. The van der Waals surface area contributed by atoms with Crippen molar-refractivity contribution in [1.82, 2.24) is 14.5 Å². The van der Waals surface area contributed by atoms with E-state index in [2.05, 4.69) is 4.98 Å². The monoisotopic (exact) mass is 411 g/mol. The van der Waals surface area contributed by atoms with Gasteiger partial charge in [0.1, 0.15) is 11.9 Å². The number of hydrogen-bond acceptors (Lipinski definition) is 4. The van der Waals surface area contributed by atoms with E-state index in [-0.39, 0.29) is 29.4 Å². The summed E-state index contributed by atoms with van der Waals surface area (Å²) in [5, 5.41) is 0.353. The van der Waals surface area contributed by atoms with E-state index in [0.717, 1.165) is 10.1 Å². The number of carbonyl (C=O) groups is 1. The van der Waals surface area contributed by atoms with E-state index >= 15 is 0 Å². The lowest BCUT2D eigenvalue weighted by atomic mass is 10.1. The van der Waals surface area contributed by atoms with E-state index < -0.39 is 5.69 Å². The molecule has 1 atom stereocenters. The molecule has 0 bridgehead atoms. The van der Waals surface area contributed by atoms with Gasteiger partial charge in [0.25, 0.3) is 11.5 Å². The number of fused-ring (bicyclic) bond motifs is 1. The third-order valence-electron chi connectivity index (χ3n) is 5.29. The molecule has 1 aliphatic heterocycles. The number of nitrogens with zero attached hydrogens (tertiary/aromatic N) is 2. The van der Waals surface area contributed by atoms with Gasteiger partial charge in [-0.15, -0.1) is 0 Å². The Morgan fingerprint density at radius 3 is 2.60 bits per heavy atom. The number of ether oxygens (including phenoxy) is 1. The Kier molecular flexibility index (Phi) is 5.26. The average Bonchev–Trinajstić information content (AvgIpc) is 2.73. The maximum absolute atomic E-state index is 13.2. The van der Waals surface area contributed by atoms with Crippen molar-refractivity contribution in [2.24, 2.45) is 0 Å². The summed E-state index contributed by atoms with van der Waals surface area (Å²) in [4.78, 5) is 42.3. The summed E-state index contributed by atoms with van der Waals surface area (Å²) < 4.78 is 20.1. The van der Waals surface area contributed by atoms with Crippen LogP contribution in [-0.4, -0.2) is 40.1 Å². The molecule has 0 radical (unpaired) electrons. The smallest absolute Gasteiger partial charge is 0.329 e. The SMILES string of the molecule is CC(C)n1c(=O)[nH]c2cc(C(=O)N3CCOC(c4ccc(F)cc4)C3)ccc2c1=O. The largest absolute Gasteiger partial charge is 0.370 e. The minimum Gasteiger partial charge on any atom is -0.370 e. The van der Waals surface area contributed by atoms with E-state index in [1.807, 2.05) is 0 Å². The van der Waals surface area contributed by atoms with Gasteiger partial charge in [-0.25, -0.2) is 9.18 Å². The predicted octanol–water partition coefficient (Wildman–Crippen LogP) is 2.62. The Labute approximate surface area is 171 Å². The predicted molar refractivity (Wildman–Crippen MR) is 110 cm³/mol. The van der Waals surface area contributed by atoms with Gasteiger partial charge in [0.05, 0.1) is 24.1 Å². The number of aromatic nitrogens is 2. The molecule has 156 valence electrons. The van der Waals surface area contributed by atoms with Crippen LogP contribution in [0.3, 0.4) is 0 Å². The van der Waals surface area contributed by atoms with Gasteiger partial charge in [0.15, 0.2) is 0 Å². The summed E-state index contributed by atoms with van der Waals surface area (Å²) in [5.41, 5.74) is 0.613. The van der Waals surface area contributed by atoms with Gasteiger partial charge in [-0.3, -0.25) is 14.2 Å². The Bertz CT molecular complexity index is 1210. The van der Waals surface area contributed by atoms with E-state index in [9.17, 15) is 18.8 Å². The van der Waals surface area contributed by atoms with Gasteiger partial charge in [0, 0.05) is 18.2 Å². The van der Waals surface area contributed by atoms with Gasteiger partial charge in [0.2, 0.25) is 0 Å². The molecule has 8 heteroatoms. The highest BCUT2D eigenvalue weighted by molar-refractivity contribution is 5.97. The standard InChI is InChI=1S/C22H22FN3O4/c1-13(2)26-21(28)17-8-5-15(11-18(17)24-22(26)29)20(27)25-9-10-30-19(12-25)14-3-6-16(23)7-4-14/h3-8,11,13,19H,9-10,12H2,1-2H3,(H,24,29). The second-order valence-electron chi connectivity index (χ2n) is 7.62. The van der Waals surface area contributed by atoms with Crippen LogP contribution in [-0.2, 0) is 4.74 Å². The van der Waals surface area contributed by atoms with Gasteiger partial charge in [-0.05, 0) is 49.7 Å². The molecule has 1 saturated heterocycles. The molecule has 2 heterocycles. The number of aromatic amines is 1. The number of nitrogens with one attached hydrogen (secondary N) is 1. The number of benzene rings is 2. The molecule has 7 nitrogen and oxygen atoms in total. The number of hydrogen-bond donors (Lipinski definition) is 1. The van der Waals surface area contributed by atoms with E-state index in [4.69, 9.17) is 4.74 Å². The van der Waals surface area contributed by atoms with E-state index in [1.54, 1.807) is 43.0 Å². The highest BCUT2D eigenvalue weighted by Gasteiger charge is 2.26. The molecule has 1 aliphatic rings. The molecule has 1 aromatic heterocycles. The van der Waals surface area contributed by atoms with Gasteiger partial charge >= 0.3 is 5.69 Å². The van der Waals surface area contributed by atoms with Crippen molar-refractivity contribution in [1.29, 1.82) is 0 Å². The van der Waals surface area contributed by atoms with Gasteiger partial charge in [-0.2, -0.15) is 0 Å². The summed E-state index contributed by atoms with van der Waals surface area (Å²) in [5.74, 6) is -0.551. The fraction of sp³-hybridized carbons (Fsp3) is 0.318. The molecule has 1 unspecified atom stereocenters. The highest BCUT2D eigenvalue weighted by Crippen LogP contribution is 2.24. The maximum atomic E-state index is 13.2. The van der Waals surface area contributed by atoms with Crippen LogP contribution in [0.5, 0.6) is 0 Å². The molecule has 1 fully saturated rings. The fourth-order valence-corrected chi connectivity index (χ4v) is 3.73. The summed E-state index contributed by atoms with van der Waals surface area (Å²) in [6.45, 7) is 4.62. The molecular formula is C22H22FN3O4. The summed E-state index contributed by atoms with van der Waals surface area (Å²) >= 11 is 0. The van der Waals surface area contributed by atoms with Crippen LogP contribution in [0, 0.1) is 5.82 Å². The number of rotatable bonds is 3. The zero-order valence-corrected chi connectivity index (χ0v) is 16.7. The van der Waals surface area contributed by atoms with Crippen LogP contribution >= 0.6 is 0 Å². The maximum Gasteiger partial charge on any atom is 0.329 e. The topological polar surface area (TPSA) is 84.4 Å². The van der Waals surface area contributed by atoms with Crippen molar-refractivity contribution in [3.8, 4) is 0 Å². The fourth-order valence-electron chi connectivity index (χ4n) is 3.73. The number of morpholine rings is 1. The first kappa shape index (κ1) is 20.0. The second kappa shape index (κ2) is 7.87. The average molecular weight is 411 g/mol. The van der Waals surface area contributed by atoms with Crippen LogP contribution in [0.4, 0.5) is 4.39 Å². The molecule has 0 aliphatic carbocycles. The Morgan fingerprint density at radius 2 is 1.90 bits per heavy atom. The summed E-state index contributed by atoms with van der Waals surface area (Å²) in [7, 11) is 0. The summed E-state index contributed by atoms with van der Waals surface area (Å²) in [6.07, 6.45) is -0.346. The summed E-state index contributed by atoms with van der Waals surface area (Å²) in [6, 6.07) is 10.4. The van der Waals surface area contributed by atoms with Gasteiger partial charge in [-0.1, -0.05) is 12.1 Å². The molecule has 1 N–H and O–H groups in total. The van der Waals surface area contributed by atoms with Crippen molar-refractivity contribution in [3.63, 3.8) is 0 Å². The van der Waals surface area contributed by atoms with Crippen molar-refractivity contribution >= 4 is 16.8 Å². The third-order valence-corrected chi connectivity index (χ3v) is 5.29. The van der Waals surface area contributed by atoms with Crippen molar-refractivity contribution in [3.05, 3.63) is 80.2 Å². The van der Waals surface area contributed by atoms with E-state index in [0.29, 0.717) is 36.2 Å². The van der Waals surface area contributed by atoms with Crippen molar-refractivity contribution in [2.75, 3.05) is 19.7 Å². The number of carbonyl (C=O) groups excluding carboxylic acids is 1. The molecule has 4 rings (SSSR count). The molecule has 1 amide bonds. The van der Waals surface area contributed by atoms with Gasteiger partial charge < -0.3 is 14.6 Å². The lowest BCUT2D eigenvalue weighted by molar-refractivity contribution is -0.0228. The Morgan fingerprint density at radius 1 is 1.17 bits per heavy atom. The van der Waals surface area contributed by atoms with Crippen LogP contribution in [0.15, 0.2) is 52.1 Å². The number of halogens is 1. The second-order valence-corrected chi connectivity index (χ2v) is 7.62. The minimum atomic E-state index is -0.505. The molecule has 0 spiro atoms. The molecule has 2 aromatic carbocycles.